The fourth-order valence-electron chi connectivity index (χ4n) is 1.28. The number of nitrogens with zero attached hydrogens (tertiary/aromatic N) is 1. The van der Waals surface area contributed by atoms with E-state index in [1.165, 1.54) is 11.1 Å². The minimum Gasteiger partial charge on any atom is -0.492 e. The molecule has 0 radical (unpaired) electrons. The number of hydrogen-bond donors (Lipinski definition) is 2. The predicted molar refractivity (Wildman–Crippen MR) is 84.0 cm³/mol. The van der Waals surface area contributed by atoms with Gasteiger partial charge in [-0.15, -0.1) is 0 Å². The average molecular weight is 369 g/mol. The smallest absolute Gasteiger partial charge is 0.119 e. The molecule has 0 aliphatic rings. The molecule has 0 aliphatic heterocycles. The lowest BCUT2D eigenvalue weighted by Crippen LogP contribution is -2.14. The number of thiol groups is 2. The number of halogens is 1. The highest BCUT2D eigenvalue weighted by Crippen LogP contribution is 2.20. The Labute approximate surface area is 122 Å². The maximum absolute atomic E-state index is 5.65. The van der Waals surface area contributed by atoms with Gasteiger partial charge < -0.3 is 4.74 Å². The molecular weight excluding hydrogens is 353 g/mol. The van der Waals surface area contributed by atoms with Crippen LogP contribution in [0.15, 0.2) is 18.2 Å². The number of benzene rings is 1. The van der Waals surface area contributed by atoms with Crippen molar-refractivity contribution in [2.45, 2.75) is 11.5 Å². The lowest BCUT2D eigenvalue weighted by Gasteiger charge is -2.12. The Bertz CT molecular complexity index is 334. The van der Waals surface area contributed by atoms with Crippen LogP contribution in [0.3, 0.4) is 0 Å². The quantitative estimate of drug-likeness (QED) is 0.454. The predicted octanol–water partition coefficient (Wildman–Crippen LogP) is 3.21. The number of rotatable bonds is 6. The van der Waals surface area contributed by atoms with Gasteiger partial charge in [0.25, 0.3) is 0 Å². The van der Waals surface area contributed by atoms with Crippen LogP contribution in [0.4, 0.5) is 0 Å². The van der Waals surface area contributed by atoms with Gasteiger partial charge in [-0.1, -0.05) is 6.07 Å². The Balaban J connectivity index is 2.60. The molecule has 0 saturated carbocycles. The lowest BCUT2D eigenvalue weighted by atomic mass is 10.1. The van der Waals surface area contributed by atoms with Crippen molar-refractivity contribution in [2.75, 3.05) is 20.2 Å². The van der Waals surface area contributed by atoms with Crippen LogP contribution in [-0.2, 0) is 11.5 Å². The van der Waals surface area contributed by atoms with Gasteiger partial charge in [0.05, 0.1) is 0 Å². The van der Waals surface area contributed by atoms with Crippen molar-refractivity contribution in [2.24, 2.45) is 0 Å². The Hall–Kier alpha value is 0.410. The summed E-state index contributed by atoms with van der Waals surface area (Å²) in [6, 6.07) is 6.10. The summed E-state index contributed by atoms with van der Waals surface area (Å²) < 4.78 is 7.72. The molecule has 1 aromatic rings. The van der Waals surface area contributed by atoms with Crippen molar-refractivity contribution >= 4 is 48.1 Å². The minimum atomic E-state index is 0.700. The number of ether oxygens (including phenoxy) is 1. The summed E-state index contributed by atoms with van der Waals surface area (Å²) in [7, 11) is 2.02. The molecule has 0 N–H and O–H groups in total. The van der Waals surface area contributed by atoms with Crippen LogP contribution in [0.5, 0.6) is 5.75 Å². The summed E-state index contributed by atoms with van der Waals surface area (Å²) in [5.41, 5.74) is 2.41. The molecule has 90 valence electrons. The van der Waals surface area contributed by atoms with E-state index in [0.717, 1.165) is 23.8 Å². The topological polar surface area (TPSA) is 12.5 Å². The second-order valence-electron chi connectivity index (χ2n) is 3.42. The molecule has 0 heterocycles. The molecule has 0 spiro atoms. The van der Waals surface area contributed by atoms with Crippen LogP contribution in [-0.4, -0.2) is 23.3 Å². The molecule has 1 aromatic carbocycles. The van der Waals surface area contributed by atoms with Crippen LogP contribution in [0, 0.1) is 0 Å². The molecule has 0 aliphatic carbocycles. The van der Waals surface area contributed by atoms with E-state index in [9.17, 15) is 0 Å². The molecule has 0 atom stereocenters. The summed E-state index contributed by atoms with van der Waals surface area (Å²) in [6.07, 6.45) is 0. The van der Waals surface area contributed by atoms with Gasteiger partial charge in [-0.05, 0) is 30.3 Å². The van der Waals surface area contributed by atoms with Gasteiger partial charge in [-0.3, -0.25) is 0 Å². The van der Waals surface area contributed by atoms with Gasteiger partial charge in [0.2, 0.25) is 0 Å². The third kappa shape index (κ3) is 4.73. The minimum absolute atomic E-state index is 0.700. The van der Waals surface area contributed by atoms with Crippen LogP contribution in [0.25, 0.3) is 0 Å². The van der Waals surface area contributed by atoms with Crippen LogP contribution in [0.2, 0.25) is 0 Å². The monoisotopic (exact) mass is 369 g/mol. The van der Waals surface area contributed by atoms with E-state index < -0.39 is 0 Å². The SMILES string of the molecule is CN(I)CCOc1ccc(CS)c(CS)c1. The zero-order chi connectivity index (χ0) is 12.0. The zero-order valence-corrected chi connectivity index (χ0v) is 13.1. The second-order valence-corrected chi connectivity index (χ2v) is 5.70. The van der Waals surface area contributed by atoms with E-state index in [-0.39, 0.29) is 0 Å². The summed E-state index contributed by atoms with van der Waals surface area (Å²) in [6.45, 7) is 1.61. The first-order chi connectivity index (χ1) is 7.67. The van der Waals surface area contributed by atoms with E-state index >= 15 is 0 Å². The highest BCUT2D eigenvalue weighted by atomic mass is 127. The normalized spacial score (nSPS) is 10.8. The first kappa shape index (κ1) is 14.5. The van der Waals surface area contributed by atoms with Crippen molar-refractivity contribution < 1.29 is 4.74 Å². The van der Waals surface area contributed by atoms with Gasteiger partial charge in [0.1, 0.15) is 12.4 Å². The molecule has 16 heavy (non-hydrogen) atoms. The molecule has 0 bridgehead atoms. The molecule has 0 unspecified atom stereocenters. The van der Waals surface area contributed by atoms with E-state index in [1.807, 2.05) is 19.2 Å². The van der Waals surface area contributed by atoms with Crippen LogP contribution in [0.1, 0.15) is 11.1 Å². The standard InChI is InChI=1S/C11H16INOS2/c1-13(12)4-5-14-11-3-2-9(7-15)10(6-11)8-16/h2-3,6,15-16H,4-5,7-8H2,1H3. The Morgan fingerprint density at radius 3 is 2.50 bits per heavy atom. The zero-order valence-electron chi connectivity index (χ0n) is 9.19. The number of likely N-dealkylation sites (N-methyl/N-ethyl adjacent to an activating group) is 1. The van der Waals surface area contributed by atoms with Crippen LogP contribution >= 0.6 is 48.1 Å². The highest BCUT2D eigenvalue weighted by Gasteiger charge is 2.02. The van der Waals surface area contributed by atoms with E-state index in [1.54, 1.807) is 0 Å². The molecule has 0 aromatic heterocycles. The summed E-state index contributed by atoms with van der Waals surface area (Å²) in [5.74, 6) is 2.37. The molecule has 0 fully saturated rings. The second kappa shape index (κ2) is 7.68. The molecule has 5 heteroatoms. The maximum atomic E-state index is 5.65. The van der Waals surface area contributed by atoms with Crippen LogP contribution < -0.4 is 4.74 Å². The maximum Gasteiger partial charge on any atom is 0.119 e. The van der Waals surface area contributed by atoms with Crippen molar-refractivity contribution in [1.82, 2.24) is 3.11 Å². The Kier molecular flexibility index (Phi) is 6.95. The molecular formula is C11H16INOS2. The van der Waals surface area contributed by atoms with Gasteiger partial charge >= 0.3 is 0 Å². The van der Waals surface area contributed by atoms with Gasteiger partial charge in [-0.2, -0.15) is 25.3 Å². The van der Waals surface area contributed by atoms with Crippen molar-refractivity contribution in [1.29, 1.82) is 0 Å². The summed E-state index contributed by atoms with van der Waals surface area (Å²) in [4.78, 5) is 0. The third-order valence-electron chi connectivity index (χ3n) is 2.19. The summed E-state index contributed by atoms with van der Waals surface area (Å²) >= 11 is 10.8. The molecule has 0 amide bonds. The van der Waals surface area contributed by atoms with E-state index in [0.29, 0.717) is 6.61 Å². The van der Waals surface area contributed by atoms with Crippen molar-refractivity contribution in [3.05, 3.63) is 29.3 Å². The first-order valence-corrected chi connectivity index (χ1v) is 7.23. The Morgan fingerprint density at radius 1 is 1.25 bits per heavy atom. The first-order valence-electron chi connectivity index (χ1n) is 5.00. The molecule has 1 rings (SSSR count). The van der Waals surface area contributed by atoms with Crippen molar-refractivity contribution in [3.63, 3.8) is 0 Å². The van der Waals surface area contributed by atoms with E-state index in [2.05, 4.69) is 57.3 Å². The van der Waals surface area contributed by atoms with Gasteiger partial charge in [0.15, 0.2) is 0 Å². The van der Waals surface area contributed by atoms with Gasteiger partial charge in [-0.25, -0.2) is 3.11 Å². The third-order valence-corrected chi connectivity index (χ3v) is 3.35. The lowest BCUT2D eigenvalue weighted by molar-refractivity contribution is 0.299. The Morgan fingerprint density at radius 2 is 1.94 bits per heavy atom. The fourth-order valence-corrected chi connectivity index (χ4v) is 2.08. The van der Waals surface area contributed by atoms with Crippen molar-refractivity contribution in [3.8, 4) is 5.75 Å². The highest BCUT2D eigenvalue weighted by molar-refractivity contribution is 14.1. The van der Waals surface area contributed by atoms with Gasteiger partial charge in [0, 0.05) is 40.9 Å². The largest absolute Gasteiger partial charge is 0.492 e. The number of hydrogen-bond acceptors (Lipinski definition) is 4. The van der Waals surface area contributed by atoms with E-state index in [4.69, 9.17) is 4.74 Å². The summed E-state index contributed by atoms with van der Waals surface area (Å²) in [5, 5.41) is 0. The molecule has 0 saturated heterocycles. The fraction of sp³-hybridized carbons (Fsp3) is 0.455. The molecule has 2 nitrogen and oxygen atoms in total. The average Bonchev–Trinajstić information content (AvgIpc) is 2.28.